The number of hydrogen-bond acceptors (Lipinski definition) is 4. The van der Waals surface area contributed by atoms with Crippen LogP contribution in [0.2, 0.25) is 0 Å². The third-order valence-electron chi connectivity index (χ3n) is 2.50. The van der Waals surface area contributed by atoms with E-state index in [1.54, 1.807) is 28.1 Å². The molecule has 0 saturated heterocycles. The fraction of sp³-hybridized carbons (Fsp3) is 0.867. The molecule has 0 atom stereocenters. The molecule has 0 aliphatic rings. The van der Waals surface area contributed by atoms with Crippen LogP contribution < -0.4 is 0 Å². The fourth-order valence-electron chi connectivity index (χ4n) is 1.42. The average molecular weight is 274 g/mol. The predicted octanol–water partition coefficient (Wildman–Crippen LogP) is 3.17. The van der Waals surface area contributed by atoms with Gasteiger partial charge in [-0.25, -0.2) is 0 Å². The van der Waals surface area contributed by atoms with E-state index in [0.717, 1.165) is 51.7 Å². The SMILES string of the molecule is COCCCCC(C)=O.COCCCCCC(C)=O. The van der Waals surface area contributed by atoms with Crippen LogP contribution in [0.5, 0.6) is 0 Å². The second-order valence-corrected chi connectivity index (χ2v) is 4.66. The third kappa shape index (κ3) is 26.7. The molecule has 0 unspecified atom stereocenters. The maximum atomic E-state index is 10.4. The summed E-state index contributed by atoms with van der Waals surface area (Å²) in [6.45, 7) is 4.84. The monoisotopic (exact) mass is 274 g/mol. The average Bonchev–Trinajstić information content (AvgIpc) is 2.35. The summed E-state index contributed by atoms with van der Waals surface area (Å²) in [4.78, 5) is 20.8. The molecule has 19 heavy (non-hydrogen) atoms. The van der Waals surface area contributed by atoms with Crippen LogP contribution in [0, 0.1) is 0 Å². The molecule has 0 heterocycles. The zero-order valence-corrected chi connectivity index (χ0v) is 13.0. The molecule has 0 aromatic heterocycles. The van der Waals surface area contributed by atoms with E-state index in [2.05, 4.69) is 0 Å². The van der Waals surface area contributed by atoms with Gasteiger partial charge in [0, 0.05) is 40.3 Å². The lowest BCUT2D eigenvalue weighted by molar-refractivity contribution is -0.118. The Hall–Kier alpha value is -0.740. The Morgan fingerprint density at radius 2 is 1.05 bits per heavy atom. The van der Waals surface area contributed by atoms with Crippen LogP contribution in [-0.4, -0.2) is 39.0 Å². The van der Waals surface area contributed by atoms with E-state index in [1.165, 1.54) is 0 Å². The van der Waals surface area contributed by atoms with Crippen molar-refractivity contribution in [2.75, 3.05) is 27.4 Å². The highest BCUT2D eigenvalue weighted by atomic mass is 16.5. The van der Waals surface area contributed by atoms with Crippen LogP contribution in [0.3, 0.4) is 0 Å². The number of Topliss-reactive ketones (excluding diaryl/α,β-unsaturated/α-hetero) is 2. The molecule has 0 radical (unpaired) electrons. The molecule has 0 aromatic rings. The lowest BCUT2D eigenvalue weighted by atomic mass is 10.1. The van der Waals surface area contributed by atoms with Crippen LogP contribution in [0.15, 0.2) is 0 Å². The Labute approximate surface area is 117 Å². The summed E-state index contributed by atoms with van der Waals surface area (Å²) in [7, 11) is 3.37. The van der Waals surface area contributed by atoms with Crippen LogP contribution in [0.4, 0.5) is 0 Å². The molecule has 4 nitrogen and oxygen atoms in total. The van der Waals surface area contributed by atoms with E-state index in [4.69, 9.17) is 9.47 Å². The first kappa shape index (κ1) is 20.6. The summed E-state index contributed by atoms with van der Waals surface area (Å²) in [5, 5.41) is 0. The Bertz CT molecular complexity index is 214. The van der Waals surface area contributed by atoms with Gasteiger partial charge >= 0.3 is 0 Å². The standard InChI is InChI=1S/C8H16O2.C7H14O2/c1-8(9)6-4-3-5-7-10-2;1-7(8)5-3-4-6-9-2/h3-7H2,1-2H3;3-6H2,1-2H3. The molecule has 114 valence electrons. The smallest absolute Gasteiger partial charge is 0.129 e. The molecule has 4 heteroatoms. The Morgan fingerprint density at radius 3 is 1.42 bits per heavy atom. The highest BCUT2D eigenvalue weighted by Crippen LogP contribution is 1.99. The molecular formula is C15H30O4. The van der Waals surface area contributed by atoms with Crippen molar-refractivity contribution in [1.82, 2.24) is 0 Å². The van der Waals surface area contributed by atoms with Crippen LogP contribution in [0.1, 0.15) is 58.8 Å². The molecule has 0 saturated carbocycles. The van der Waals surface area contributed by atoms with Gasteiger partial charge in [0.25, 0.3) is 0 Å². The highest BCUT2D eigenvalue weighted by molar-refractivity contribution is 5.75. The molecule has 0 aliphatic carbocycles. The van der Waals surface area contributed by atoms with Crippen molar-refractivity contribution in [3.63, 3.8) is 0 Å². The van der Waals surface area contributed by atoms with E-state index in [-0.39, 0.29) is 11.6 Å². The minimum absolute atomic E-state index is 0.270. The van der Waals surface area contributed by atoms with Crippen LogP contribution in [-0.2, 0) is 19.1 Å². The molecule has 0 aliphatic heterocycles. The van der Waals surface area contributed by atoms with Gasteiger partial charge in [-0.15, -0.1) is 0 Å². The number of unbranched alkanes of at least 4 members (excludes halogenated alkanes) is 3. The number of carbonyl (C=O) groups is 2. The first-order chi connectivity index (χ1) is 9.04. The summed E-state index contributed by atoms with van der Waals surface area (Å²) in [5.74, 6) is 0.559. The molecule has 0 rings (SSSR count). The molecule has 0 aromatic carbocycles. The summed E-state index contributed by atoms with van der Waals surface area (Å²) >= 11 is 0. The molecule has 0 spiro atoms. The second kappa shape index (κ2) is 17.3. The van der Waals surface area contributed by atoms with Gasteiger partial charge in [0.2, 0.25) is 0 Å². The van der Waals surface area contributed by atoms with E-state index in [9.17, 15) is 9.59 Å². The van der Waals surface area contributed by atoms with Gasteiger partial charge in [0.05, 0.1) is 0 Å². The number of ketones is 2. The number of hydrogen-bond donors (Lipinski definition) is 0. The van der Waals surface area contributed by atoms with Crippen molar-refractivity contribution >= 4 is 11.6 Å². The summed E-state index contributed by atoms with van der Waals surface area (Å²) in [6.07, 6.45) is 6.57. The Morgan fingerprint density at radius 1 is 0.684 bits per heavy atom. The number of carbonyl (C=O) groups excluding carboxylic acids is 2. The maximum Gasteiger partial charge on any atom is 0.129 e. The maximum absolute atomic E-state index is 10.4. The van der Waals surface area contributed by atoms with Crippen molar-refractivity contribution in [2.45, 2.75) is 58.8 Å². The largest absolute Gasteiger partial charge is 0.385 e. The van der Waals surface area contributed by atoms with Gasteiger partial charge in [0.15, 0.2) is 0 Å². The van der Waals surface area contributed by atoms with Crippen LogP contribution >= 0.6 is 0 Å². The Kier molecular flexibility index (Phi) is 18.7. The van der Waals surface area contributed by atoms with Gasteiger partial charge in [-0.05, 0) is 39.5 Å². The van der Waals surface area contributed by atoms with Gasteiger partial charge in [-0.3, -0.25) is 0 Å². The van der Waals surface area contributed by atoms with Crippen LogP contribution in [0.25, 0.3) is 0 Å². The third-order valence-corrected chi connectivity index (χ3v) is 2.50. The minimum Gasteiger partial charge on any atom is -0.385 e. The van der Waals surface area contributed by atoms with E-state index < -0.39 is 0 Å². The molecule has 0 bridgehead atoms. The number of rotatable bonds is 11. The second-order valence-electron chi connectivity index (χ2n) is 4.66. The number of methoxy groups -OCH3 is 2. The fourth-order valence-corrected chi connectivity index (χ4v) is 1.42. The van der Waals surface area contributed by atoms with E-state index in [1.807, 2.05) is 0 Å². The lowest BCUT2D eigenvalue weighted by Crippen LogP contribution is -1.92. The first-order valence-electron chi connectivity index (χ1n) is 7.01. The van der Waals surface area contributed by atoms with Crippen molar-refractivity contribution < 1.29 is 19.1 Å². The normalized spacial score (nSPS) is 9.68. The van der Waals surface area contributed by atoms with E-state index >= 15 is 0 Å². The zero-order valence-electron chi connectivity index (χ0n) is 13.0. The van der Waals surface area contributed by atoms with Gasteiger partial charge in [0.1, 0.15) is 11.6 Å². The van der Waals surface area contributed by atoms with Crippen molar-refractivity contribution in [3.05, 3.63) is 0 Å². The zero-order chi connectivity index (χ0) is 14.9. The lowest BCUT2D eigenvalue weighted by Gasteiger charge is -1.96. The first-order valence-corrected chi connectivity index (χ1v) is 7.01. The van der Waals surface area contributed by atoms with E-state index in [0.29, 0.717) is 6.42 Å². The summed E-state index contributed by atoms with van der Waals surface area (Å²) in [5.41, 5.74) is 0. The van der Waals surface area contributed by atoms with Crippen molar-refractivity contribution in [2.24, 2.45) is 0 Å². The highest BCUT2D eigenvalue weighted by Gasteiger charge is 1.92. The predicted molar refractivity (Wildman–Crippen MR) is 77.4 cm³/mol. The van der Waals surface area contributed by atoms with Gasteiger partial charge < -0.3 is 19.1 Å². The quantitative estimate of drug-likeness (QED) is 0.543. The topological polar surface area (TPSA) is 52.6 Å². The van der Waals surface area contributed by atoms with Gasteiger partial charge in [-0.1, -0.05) is 6.42 Å². The van der Waals surface area contributed by atoms with Crippen molar-refractivity contribution in [1.29, 1.82) is 0 Å². The number of ether oxygens (including phenoxy) is 2. The van der Waals surface area contributed by atoms with Gasteiger partial charge in [-0.2, -0.15) is 0 Å². The minimum atomic E-state index is 0.270. The van der Waals surface area contributed by atoms with Crippen molar-refractivity contribution in [3.8, 4) is 0 Å². The molecule has 0 fully saturated rings. The molecular weight excluding hydrogens is 244 g/mol. The molecule has 0 amide bonds. The summed E-state index contributed by atoms with van der Waals surface area (Å²) < 4.78 is 9.68. The summed E-state index contributed by atoms with van der Waals surface area (Å²) in [6, 6.07) is 0. The molecule has 0 N–H and O–H groups in total. The Balaban J connectivity index is 0.